The third kappa shape index (κ3) is 2.96. The first-order chi connectivity index (χ1) is 11.5. The molecule has 0 bridgehead atoms. The van der Waals surface area contributed by atoms with Gasteiger partial charge in [0.25, 0.3) is 0 Å². The van der Waals surface area contributed by atoms with Crippen molar-refractivity contribution in [1.29, 1.82) is 0 Å². The lowest BCUT2D eigenvalue weighted by atomic mass is 9.95. The summed E-state index contributed by atoms with van der Waals surface area (Å²) in [5, 5.41) is 3.70. The van der Waals surface area contributed by atoms with E-state index in [2.05, 4.69) is 60.3 Å². The van der Waals surface area contributed by atoms with Gasteiger partial charge in [-0.2, -0.15) is 0 Å². The Morgan fingerprint density at radius 3 is 2.88 bits per heavy atom. The number of hydrogen-bond acceptors (Lipinski definition) is 4. The Labute approximate surface area is 147 Å². The second kappa shape index (κ2) is 5.94. The highest BCUT2D eigenvalue weighted by Gasteiger charge is 2.23. The van der Waals surface area contributed by atoms with E-state index in [-0.39, 0.29) is 5.41 Å². The standard InChI is InChI=1S/C20H23N3S/c1-20(2,3)19-21-10-14-11-23(9-8-17(14)22-19)12-15-13-24-18-7-5-4-6-16(15)18/h4-7,10,13H,8-9,11-12H2,1-3H3. The zero-order valence-corrected chi connectivity index (χ0v) is 15.4. The second-order valence-corrected chi connectivity index (χ2v) is 8.54. The van der Waals surface area contributed by atoms with Gasteiger partial charge in [-0.05, 0) is 22.4 Å². The van der Waals surface area contributed by atoms with Crippen LogP contribution in [0.3, 0.4) is 0 Å². The van der Waals surface area contributed by atoms with Gasteiger partial charge in [-0.25, -0.2) is 9.97 Å². The highest BCUT2D eigenvalue weighted by atomic mass is 32.1. The van der Waals surface area contributed by atoms with Gasteiger partial charge in [0.15, 0.2) is 0 Å². The van der Waals surface area contributed by atoms with E-state index in [1.165, 1.54) is 26.9 Å². The van der Waals surface area contributed by atoms with Crippen molar-refractivity contribution in [3.05, 3.63) is 58.5 Å². The molecule has 0 spiro atoms. The molecular formula is C20H23N3S. The van der Waals surface area contributed by atoms with Gasteiger partial charge < -0.3 is 0 Å². The molecule has 24 heavy (non-hydrogen) atoms. The average molecular weight is 337 g/mol. The monoisotopic (exact) mass is 337 g/mol. The number of nitrogens with zero attached hydrogens (tertiary/aromatic N) is 3. The van der Waals surface area contributed by atoms with Gasteiger partial charge >= 0.3 is 0 Å². The first-order valence-electron chi connectivity index (χ1n) is 8.53. The molecule has 4 heteroatoms. The smallest absolute Gasteiger partial charge is 0.133 e. The number of fused-ring (bicyclic) bond motifs is 2. The predicted octanol–water partition coefficient (Wildman–Crippen LogP) is 4.55. The highest BCUT2D eigenvalue weighted by molar-refractivity contribution is 7.17. The Morgan fingerprint density at radius 1 is 1.21 bits per heavy atom. The molecular weight excluding hydrogens is 314 g/mol. The minimum Gasteiger partial charge on any atom is -0.294 e. The maximum Gasteiger partial charge on any atom is 0.133 e. The fraction of sp³-hybridized carbons (Fsp3) is 0.400. The Bertz CT molecular complexity index is 876. The van der Waals surface area contributed by atoms with Gasteiger partial charge in [-0.3, -0.25) is 4.90 Å². The molecule has 3 aromatic rings. The second-order valence-electron chi connectivity index (χ2n) is 7.63. The summed E-state index contributed by atoms with van der Waals surface area (Å²) >= 11 is 1.84. The van der Waals surface area contributed by atoms with E-state index in [0.29, 0.717) is 0 Å². The molecule has 2 aromatic heterocycles. The first-order valence-corrected chi connectivity index (χ1v) is 9.41. The number of aromatic nitrogens is 2. The van der Waals surface area contributed by atoms with Crippen LogP contribution >= 0.6 is 11.3 Å². The Kier molecular flexibility index (Phi) is 3.89. The van der Waals surface area contributed by atoms with E-state index in [4.69, 9.17) is 4.98 Å². The largest absolute Gasteiger partial charge is 0.294 e. The summed E-state index contributed by atoms with van der Waals surface area (Å²) in [6.45, 7) is 9.54. The van der Waals surface area contributed by atoms with Crippen molar-refractivity contribution in [1.82, 2.24) is 14.9 Å². The summed E-state index contributed by atoms with van der Waals surface area (Å²) in [5.74, 6) is 0.957. The third-order valence-corrected chi connectivity index (χ3v) is 5.65. The topological polar surface area (TPSA) is 29.0 Å². The molecule has 1 aromatic carbocycles. The Morgan fingerprint density at radius 2 is 2.04 bits per heavy atom. The molecule has 0 radical (unpaired) electrons. The van der Waals surface area contributed by atoms with Gasteiger partial charge in [-0.15, -0.1) is 11.3 Å². The minimum absolute atomic E-state index is 0.0156. The molecule has 1 aliphatic heterocycles. The number of rotatable bonds is 2. The maximum atomic E-state index is 4.83. The molecule has 1 aliphatic rings. The average Bonchev–Trinajstić information content (AvgIpc) is 2.97. The SMILES string of the molecule is CC(C)(C)c1ncc2c(n1)CCN(Cc1csc3ccccc13)C2. The molecule has 0 atom stereocenters. The molecule has 3 heterocycles. The van der Waals surface area contributed by atoms with Crippen molar-refractivity contribution in [2.24, 2.45) is 0 Å². The van der Waals surface area contributed by atoms with E-state index >= 15 is 0 Å². The van der Waals surface area contributed by atoms with Crippen LogP contribution in [0.1, 0.15) is 43.4 Å². The quantitative estimate of drug-likeness (QED) is 0.687. The molecule has 0 amide bonds. The normalized spacial score (nSPS) is 15.6. The van der Waals surface area contributed by atoms with Crippen LogP contribution in [0.5, 0.6) is 0 Å². The lowest BCUT2D eigenvalue weighted by Crippen LogP contribution is -2.31. The Hall–Kier alpha value is -1.78. The lowest BCUT2D eigenvalue weighted by Gasteiger charge is -2.29. The molecule has 0 fully saturated rings. The molecule has 124 valence electrons. The van der Waals surface area contributed by atoms with Crippen LogP contribution < -0.4 is 0 Å². The minimum atomic E-state index is 0.0156. The summed E-state index contributed by atoms with van der Waals surface area (Å²) in [5.41, 5.74) is 3.98. The van der Waals surface area contributed by atoms with Gasteiger partial charge in [-0.1, -0.05) is 39.0 Å². The van der Waals surface area contributed by atoms with E-state index in [1.807, 2.05) is 17.5 Å². The molecule has 0 saturated heterocycles. The summed E-state index contributed by atoms with van der Waals surface area (Å²) < 4.78 is 1.38. The molecule has 0 aliphatic carbocycles. The van der Waals surface area contributed by atoms with Crippen molar-refractivity contribution in [3.8, 4) is 0 Å². The zero-order chi connectivity index (χ0) is 16.7. The van der Waals surface area contributed by atoms with Crippen molar-refractivity contribution in [3.63, 3.8) is 0 Å². The van der Waals surface area contributed by atoms with Crippen molar-refractivity contribution >= 4 is 21.4 Å². The fourth-order valence-corrected chi connectivity index (χ4v) is 4.22. The van der Waals surface area contributed by atoms with E-state index in [0.717, 1.165) is 31.9 Å². The van der Waals surface area contributed by atoms with Crippen molar-refractivity contribution < 1.29 is 0 Å². The van der Waals surface area contributed by atoms with E-state index < -0.39 is 0 Å². The van der Waals surface area contributed by atoms with Gasteiger partial charge in [0.1, 0.15) is 5.82 Å². The predicted molar refractivity (Wildman–Crippen MR) is 100 cm³/mol. The van der Waals surface area contributed by atoms with Crippen LogP contribution in [-0.2, 0) is 24.9 Å². The molecule has 0 saturated carbocycles. The van der Waals surface area contributed by atoms with Crippen LogP contribution in [0.25, 0.3) is 10.1 Å². The van der Waals surface area contributed by atoms with Crippen LogP contribution in [0.2, 0.25) is 0 Å². The molecule has 0 N–H and O–H groups in total. The zero-order valence-electron chi connectivity index (χ0n) is 14.5. The van der Waals surface area contributed by atoms with Crippen LogP contribution in [0.4, 0.5) is 0 Å². The van der Waals surface area contributed by atoms with Crippen molar-refractivity contribution in [2.75, 3.05) is 6.54 Å². The fourth-order valence-electron chi connectivity index (χ4n) is 3.27. The summed E-state index contributed by atoms with van der Waals surface area (Å²) in [6.07, 6.45) is 3.06. The summed E-state index contributed by atoms with van der Waals surface area (Å²) in [4.78, 5) is 12.0. The van der Waals surface area contributed by atoms with Crippen LogP contribution in [0, 0.1) is 0 Å². The van der Waals surface area contributed by atoms with Crippen molar-refractivity contribution in [2.45, 2.75) is 45.7 Å². The number of thiophene rings is 1. The summed E-state index contributed by atoms with van der Waals surface area (Å²) in [6, 6.07) is 8.68. The highest BCUT2D eigenvalue weighted by Crippen LogP contribution is 2.28. The maximum absolute atomic E-state index is 4.83. The van der Waals surface area contributed by atoms with E-state index in [9.17, 15) is 0 Å². The van der Waals surface area contributed by atoms with E-state index in [1.54, 1.807) is 0 Å². The lowest BCUT2D eigenvalue weighted by molar-refractivity contribution is 0.243. The third-order valence-electron chi connectivity index (χ3n) is 4.64. The van der Waals surface area contributed by atoms with Gasteiger partial charge in [0.2, 0.25) is 0 Å². The number of benzene rings is 1. The summed E-state index contributed by atoms with van der Waals surface area (Å²) in [7, 11) is 0. The van der Waals surface area contributed by atoms with Gasteiger partial charge in [0.05, 0.1) is 0 Å². The van der Waals surface area contributed by atoms with Crippen LogP contribution in [-0.4, -0.2) is 21.4 Å². The number of hydrogen-bond donors (Lipinski definition) is 0. The van der Waals surface area contributed by atoms with Crippen LogP contribution in [0.15, 0.2) is 35.8 Å². The van der Waals surface area contributed by atoms with Gasteiger partial charge in [0, 0.05) is 53.6 Å². The molecule has 0 unspecified atom stereocenters. The first kappa shape index (κ1) is 15.7. The molecule has 3 nitrogen and oxygen atoms in total. The Balaban J connectivity index is 1.54. The molecule has 4 rings (SSSR count).